The second-order valence-corrected chi connectivity index (χ2v) is 2.42. The van der Waals surface area contributed by atoms with Crippen molar-refractivity contribution in [2.75, 3.05) is 0 Å². The normalized spacial score (nSPS) is 17.4. The monoisotopic (exact) mass is 154 g/mol. The summed E-state index contributed by atoms with van der Waals surface area (Å²) in [7, 11) is 0. The van der Waals surface area contributed by atoms with Gasteiger partial charge < -0.3 is 5.11 Å². The molecule has 0 aliphatic rings. The van der Waals surface area contributed by atoms with Gasteiger partial charge in [0.2, 0.25) is 4.93 Å². The van der Waals surface area contributed by atoms with Crippen molar-refractivity contribution >= 4 is 31.5 Å². The molecule has 0 amide bonds. The minimum Gasteiger partial charge on any atom is -0.478 e. The van der Waals surface area contributed by atoms with Gasteiger partial charge in [-0.05, 0) is 19.8 Å². The van der Waals surface area contributed by atoms with Gasteiger partial charge in [0.15, 0.2) is 0 Å². The third-order valence-electron chi connectivity index (χ3n) is 0.575. The van der Waals surface area contributed by atoms with E-state index >= 15 is 0 Å². The quantitative estimate of drug-likeness (QED) is 0.310. The van der Waals surface area contributed by atoms with Gasteiger partial charge in [-0.2, -0.15) is 0 Å². The summed E-state index contributed by atoms with van der Waals surface area (Å²) in [6.07, 6.45) is 0. The van der Waals surface area contributed by atoms with E-state index in [0.717, 1.165) is 0 Å². The van der Waals surface area contributed by atoms with Crippen LogP contribution >= 0.6 is 25.5 Å². The van der Waals surface area contributed by atoms with E-state index in [1.165, 1.54) is 6.92 Å². The summed E-state index contributed by atoms with van der Waals surface area (Å²) >= 11 is 6.87. The van der Waals surface area contributed by atoms with Gasteiger partial charge in [-0.3, -0.25) is 4.18 Å². The molecule has 5 heteroatoms. The van der Waals surface area contributed by atoms with Crippen LogP contribution in [0.5, 0.6) is 0 Å². The molecule has 0 aliphatic heterocycles. The third kappa shape index (κ3) is 1.94. The SMILES string of the molecule is CC(S)(OS)C(=O)O. The van der Waals surface area contributed by atoms with Gasteiger partial charge in [-0.1, -0.05) is 0 Å². The molecule has 0 rings (SSSR count). The molecule has 0 bridgehead atoms. The van der Waals surface area contributed by atoms with E-state index in [4.69, 9.17) is 5.11 Å². The summed E-state index contributed by atoms with van der Waals surface area (Å²) in [6.45, 7) is 1.28. The minimum atomic E-state index is -1.48. The van der Waals surface area contributed by atoms with Gasteiger partial charge in [0.25, 0.3) is 0 Å². The Bertz CT molecular complexity index is 101. The van der Waals surface area contributed by atoms with E-state index in [1.54, 1.807) is 0 Å². The Morgan fingerprint density at radius 2 is 2.25 bits per heavy atom. The molecule has 0 spiro atoms. The lowest BCUT2D eigenvalue weighted by Crippen LogP contribution is -2.28. The minimum absolute atomic E-state index is 1.16. The lowest BCUT2D eigenvalue weighted by atomic mass is 10.4. The van der Waals surface area contributed by atoms with Gasteiger partial charge >= 0.3 is 5.97 Å². The van der Waals surface area contributed by atoms with Crippen molar-refractivity contribution in [1.82, 2.24) is 0 Å². The van der Waals surface area contributed by atoms with E-state index in [1.807, 2.05) is 0 Å². The summed E-state index contributed by atoms with van der Waals surface area (Å²) in [5.74, 6) is -1.16. The molecule has 1 unspecified atom stereocenters. The van der Waals surface area contributed by atoms with E-state index in [0.29, 0.717) is 0 Å². The van der Waals surface area contributed by atoms with Crippen LogP contribution in [0.15, 0.2) is 0 Å². The summed E-state index contributed by atoms with van der Waals surface area (Å²) < 4.78 is 4.16. The summed E-state index contributed by atoms with van der Waals surface area (Å²) in [5, 5.41) is 8.19. The molecule has 0 aliphatic carbocycles. The molecule has 0 aromatic rings. The van der Waals surface area contributed by atoms with Gasteiger partial charge in [-0.15, -0.1) is 12.6 Å². The van der Waals surface area contributed by atoms with Crippen LogP contribution < -0.4 is 0 Å². The summed E-state index contributed by atoms with van der Waals surface area (Å²) in [4.78, 5) is 8.52. The van der Waals surface area contributed by atoms with E-state index in [9.17, 15) is 4.79 Å². The first-order chi connectivity index (χ1) is 3.50. The summed E-state index contributed by atoms with van der Waals surface area (Å²) in [5.41, 5.74) is 0. The average molecular weight is 154 g/mol. The number of hydrogen-bond donors (Lipinski definition) is 3. The second kappa shape index (κ2) is 2.61. The van der Waals surface area contributed by atoms with Crippen LogP contribution in [0.25, 0.3) is 0 Å². The van der Waals surface area contributed by atoms with Crippen LogP contribution in [0.3, 0.4) is 0 Å². The molecular weight excluding hydrogens is 148 g/mol. The Labute approximate surface area is 58.1 Å². The number of carboxylic acids is 1. The van der Waals surface area contributed by atoms with Crippen LogP contribution in [0.4, 0.5) is 0 Å². The highest BCUT2D eigenvalue weighted by atomic mass is 32.1. The maximum atomic E-state index is 10.0. The van der Waals surface area contributed by atoms with Crippen molar-refractivity contribution in [2.45, 2.75) is 11.9 Å². The Morgan fingerprint density at radius 1 is 1.88 bits per heavy atom. The van der Waals surface area contributed by atoms with Crippen LogP contribution in [0, 0.1) is 0 Å². The Hall–Kier alpha value is 0.130. The van der Waals surface area contributed by atoms with Crippen molar-refractivity contribution in [1.29, 1.82) is 0 Å². The first-order valence-electron chi connectivity index (χ1n) is 1.79. The highest BCUT2D eigenvalue weighted by molar-refractivity contribution is 7.83. The van der Waals surface area contributed by atoms with E-state index < -0.39 is 10.9 Å². The number of carboxylic acid groups (broad SMARTS) is 1. The lowest BCUT2D eigenvalue weighted by molar-refractivity contribution is -0.145. The van der Waals surface area contributed by atoms with Crippen LogP contribution in [-0.4, -0.2) is 16.0 Å². The average Bonchev–Trinajstić information content (AvgIpc) is 1.67. The van der Waals surface area contributed by atoms with Crippen LogP contribution in [0.2, 0.25) is 0 Å². The van der Waals surface area contributed by atoms with Gasteiger partial charge in [0.1, 0.15) is 0 Å². The fraction of sp³-hybridized carbons (Fsp3) is 0.667. The first-order valence-corrected chi connectivity index (χ1v) is 2.60. The van der Waals surface area contributed by atoms with Crippen molar-refractivity contribution < 1.29 is 14.1 Å². The number of carbonyl (C=O) groups is 1. The molecule has 48 valence electrons. The first kappa shape index (κ1) is 8.13. The molecule has 0 aromatic heterocycles. The fourth-order valence-electron chi connectivity index (χ4n) is 0.0390. The Kier molecular flexibility index (Phi) is 2.65. The smallest absolute Gasteiger partial charge is 0.347 e. The van der Waals surface area contributed by atoms with Crippen molar-refractivity contribution in [3.05, 3.63) is 0 Å². The fourth-order valence-corrected chi connectivity index (χ4v) is 0.117. The molecule has 0 heterocycles. The zero-order valence-electron chi connectivity index (χ0n) is 4.16. The molecule has 0 fully saturated rings. The second-order valence-electron chi connectivity index (χ2n) is 1.38. The zero-order valence-corrected chi connectivity index (χ0v) is 5.95. The molecule has 0 radical (unpaired) electrons. The zero-order chi connectivity index (χ0) is 6.78. The maximum Gasteiger partial charge on any atom is 0.347 e. The standard InChI is InChI=1S/C3H6O3S2/c1-3(7,6-8)2(4)5/h7-8H,1H3,(H,4,5). The third-order valence-corrected chi connectivity index (χ3v) is 1.37. The molecule has 1 atom stereocenters. The van der Waals surface area contributed by atoms with E-state index in [2.05, 4.69) is 29.7 Å². The predicted molar refractivity (Wildman–Crippen MR) is 35.1 cm³/mol. The molecule has 1 N–H and O–H groups in total. The van der Waals surface area contributed by atoms with Crippen LogP contribution in [0.1, 0.15) is 6.92 Å². The van der Waals surface area contributed by atoms with E-state index in [-0.39, 0.29) is 0 Å². The largest absolute Gasteiger partial charge is 0.478 e. The highest BCUT2D eigenvalue weighted by Gasteiger charge is 2.28. The molecular formula is C3H6O3S2. The Balaban J connectivity index is 3.91. The van der Waals surface area contributed by atoms with Gasteiger partial charge in [0.05, 0.1) is 0 Å². The number of thiol groups is 2. The molecule has 0 saturated heterocycles. The molecule has 3 nitrogen and oxygen atoms in total. The molecule has 0 aromatic carbocycles. The maximum absolute atomic E-state index is 10.0. The number of rotatable bonds is 2. The Morgan fingerprint density at radius 3 is 2.25 bits per heavy atom. The topological polar surface area (TPSA) is 46.5 Å². The van der Waals surface area contributed by atoms with Gasteiger partial charge in [0, 0.05) is 0 Å². The number of hydrogen-bond acceptors (Lipinski definition) is 4. The molecule has 8 heavy (non-hydrogen) atoms. The predicted octanol–water partition coefficient (Wildman–Crippen LogP) is 0.578. The van der Waals surface area contributed by atoms with Gasteiger partial charge in [-0.25, -0.2) is 4.79 Å². The molecule has 0 saturated carbocycles. The van der Waals surface area contributed by atoms with Crippen LogP contribution in [-0.2, 0) is 8.98 Å². The lowest BCUT2D eigenvalue weighted by Gasteiger charge is -2.12. The van der Waals surface area contributed by atoms with Crippen molar-refractivity contribution in [2.24, 2.45) is 0 Å². The highest BCUT2D eigenvalue weighted by Crippen LogP contribution is 2.16. The van der Waals surface area contributed by atoms with Crippen molar-refractivity contribution in [3.63, 3.8) is 0 Å². The number of aliphatic carboxylic acids is 1. The summed E-state index contributed by atoms with van der Waals surface area (Å²) in [6, 6.07) is 0. The van der Waals surface area contributed by atoms with Crippen molar-refractivity contribution in [3.8, 4) is 0 Å².